The van der Waals surface area contributed by atoms with Crippen LogP contribution < -0.4 is 4.74 Å². The van der Waals surface area contributed by atoms with Crippen LogP contribution in [0, 0.1) is 0 Å². The average molecular weight is 446 g/mol. The largest absolute Gasteiger partial charge is 0.497 e. The van der Waals surface area contributed by atoms with Crippen LogP contribution in [0.4, 0.5) is 0 Å². The summed E-state index contributed by atoms with van der Waals surface area (Å²) in [4.78, 5) is 17.9. The third kappa shape index (κ3) is 3.89. The Morgan fingerprint density at radius 2 is 1.56 bits per heavy atom. The lowest BCUT2D eigenvalue weighted by molar-refractivity contribution is 0.103. The standard InChI is InChI=1S/C26H23NO4S/c1-17(2)18-10-14-21(15-11-18)32(29,30)26-22-6-4-5-7-24(22)27-16-23(26)25(28)19-8-12-20(31-3)13-9-19/h4-17H,1-3H3. The molecule has 0 aliphatic rings. The van der Waals surface area contributed by atoms with Crippen molar-refractivity contribution in [2.24, 2.45) is 0 Å². The molecule has 1 aromatic heterocycles. The van der Waals surface area contributed by atoms with Crippen LogP contribution in [0.2, 0.25) is 0 Å². The molecule has 0 radical (unpaired) electrons. The van der Waals surface area contributed by atoms with Crippen LogP contribution in [-0.2, 0) is 9.84 Å². The molecule has 0 fully saturated rings. The summed E-state index contributed by atoms with van der Waals surface area (Å²) >= 11 is 0. The predicted molar refractivity (Wildman–Crippen MR) is 124 cm³/mol. The van der Waals surface area contributed by atoms with E-state index in [9.17, 15) is 13.2 Å². The molecule has 5 nitrogen and oxygen atoms in total. The van der Waals surface area contributed by atoms with E-state index in [1.54, 1.807) is 67.8 Å². The number of pyridine rings is 1. The summed E-state index contributed by atoms with van der Waals surface area (Å²) in [5.41, 5.74) is 1.95. The summed E-state index contributed by atoms with van der Waals surface area (Å²) in [6, 6.07) is 20.3. The van der Waals surface area contributed by atoms with Crippen LogP contribution in [0.3, 0.4) is 0 Å². The topological polar surface area (TPSA) is 73.3 Å². The number of ether oxygens (including phenoxy) is 1. The Morgan fingerprint density at radius 1 is 0.906 bits per heavy atom. The minimum atomic E-state index is -3.99. The Balaban J connectivity index is 1.93. The molecule has 6 heteroatoms. The quantitative estimate of drug-likeness (QED) is 0.370. The first-order chi connectivity index (χ1) is 15.3. The third-order valence-corrected chi connectivity index (χ3v) is 7.32. The van der Waals surface area contributed by atoms with E-state index < -0.39 is 15.6 Å². The van der Waals surface area contributed by atoms with Gasteiger partial charge < -0.3 is 4.74 Å². The number of aromatic nitrogens is 1. The number of para-hydroxylation sites is 1. The average Bonchev–Trinajstić information content (AvgIpc) is 2.82. The van der Waals surface area contributed by atoms with E-state index in [1.165, 1.54) is 6.20 Å². The first-order valence-corrected chi connectivity index (χ1v) is 11.7. The van der Waals surface area contributed by atoms with Gasteiger partial charge in [0, 0.05) is 17.1 Å². The minimum Gasteiger partial charge on any atom is -0.497 e. The van der Waals surface area contributed by atoms with E-state index in [4.69, 9.17) is 4.74 Å². The van der Waals surface area contributed by atoms with Crippen LogP contribution in [0.5, 0.6) is 5.75 Å². The van der Waals surface area contributed by atoms with Crippen molar-refractivity contribution in [2.75, 3.05) is 7.11 Å². The van der Waals surface area contributed by atoms with Gasteiger partial charge >= 0.3 is 0 Å². The summed E-state index contributed by atoms with van der Waals surface area (Å²) in [7, 11) is -2.45. The monoisotopic (exact) mass is 445 g/mol. The lowest BCUT2D eigenvalue weighted by atomic mass is 10.0. The second-order valence-corrected chi connectivity index (χ2v) is 9.69. The highest BCUT2D eigenvalue weighted by Crippen LogP contribution is 2.32. The van der Waals surface area contributed by atoms with Crippen LogP contribution in [-0.4, -0.2) is 26.3 Å². The maximum atomic E-state index is 13.8. The molecule has 0 unspecified atom stereocenters. The lowest BCUT2D eigenvalue weighted by Gasteiger charge is -2.14. The van der Waals surface area contributed by atoms with Crippen LogP contribution in [0.25, 0.3) is 10.9 Å². The number of sulfone groups is 1. The van der Waals surface area contributed by atoms with Crippen molar-refractivity contribution in [2.45, 2.75) is 29.6 Å². The van der Waals surface area contributed by atoms with Crippen molar-refractivity contribution in [3.63, 3.8) is 0 Å². The van der Waals surface area contributed by atoms with E-state index in [0.29, 0.717) is 22.2 Å². The van der Waals surface area contributed by atoms with Crippen molar-refractivity contribution in [1.29, 1.82) is 0 Å². The van der Waals surface area contributed by atoms with Crippen molar-refractivity contribution < 1.29 is 17.9 Å². The van der Waals surface area contributed by atoms with Gasteiger partial charge in [-0.15, -0.1) is 0 Å². The Morgan fingerprint density at radius 3 is 2.19 bits per heavy atom. The second kappa shape index (κ2) is 8.55. The molecule has 0 spiro atoms. The number of nitrogens with zero attached hydrogens (tertiary/aromatic N) is 1. The van der Waals surface area contributed by atoms with Gasteiger partial charge in [-0.05, 0) is 53.9 Å². The van der Waals surface area contributed by atoms with E-state index in [2.05, 4.69) is 4.98 Å². The van der Waals surface area contributed by atoms with Crippen LogP contribution in [0.15, 0.2) is 88.8 Å². The normalized spacial score (nSPS) is 11.6. The van der Waals surface area contributed by atoms with Gasteiger partial charge in [-0.1, -0.05) is 44.2 Å². The molecule has 0 aliphatic carbocycles. The lowest BCUT2D eigenvalue weighted by Crippen LogP contribution is -2.13. The van der Waals surface area contributed by atoms with Crippen molar-refractivity contribution in [3.8, 4) is 5.75 Å². The number of carbonyl (C=O) groups is 1. The van der Waals surface area contributed by atoms with E-state index >= 15 is 0 Å². The van der Waals surface area contributed by atoms with Gasteiger partial charge in [-0.3, -0.25) is 9.78 Å². The highest BCUT2D eigenvalue weighted by Gasteiger charge is 2.28. The fourth-order valence-corrected chi connectivity index (χ4v) is 5.24. The smallest absolute Gasteiger partial charge is 0.208 e. The van der Waals surface area contributed by atoms with Crippen LogP contribution in [0.1, 0.15) is 41.3 Å². The molecule has 32 heavy (non-hydrogen) atoms. The zero-order valence-corrected chi connectivity index (χ0v) is 18.9. The van der Waals surface area contributed by atoms with Gasteiger partial charge in [0.2, 0.25) is 9.84 Å². The first-order valence-electron chi connectivity index (χ1n) is 10.2. The summed E-state index contributed by atoms with van der Waals surface area (Å²) in [5.74, 6) is 0.472. The van der Waals surface area contributed by atoms with Gasteiger partial charge in [0.05, 0.1) is 28.0 Å². The Labute approximate surface area is 187 Å². The van der Waals surface area contributed by atoms with Gasteiger partial charge in [0.25, 0.3) is 0 Å². The molecule has 0 bridgehead atoms. The van der Waals surface area contributed by atoms with E-state index in [0.717, 1.165) is 5.56 Å². The number of carbonyl (C=O) groups excluding carboxylic acids is 1. The molecule has 4 aromatic rings. The molecule has 3 aromatic carbocycles. The van der Waals surface area contributed by atoms with E-state index in [-0.39, 0.29) is 21.3 Å². The highest BCUT2D eigenvalue weighted by atomic mass is 32.2. The number of hydrogen-bond acceptors (Lipinski definition) is 5. The number of ketones is 1. The molecule has 1 heterocycles. The zero-order valence-electron chi connectivity index (χ0n) is 18.1. The number of fused-ring (bicyclic) bond motifs is 1. The number of methoxy groups -OCH3 is 1. The molecular weight excluding hydrogens is 422 g/mol. The number of benzene rings is 3. The molecule has 0 saturated carbocycles. The van der Waals surface area contributed by atoms with Gasteiger partial charge in [-0.2, -0.15) is 0 Å². The molecule has 0 amide bonds. The molecule has 0 atom stereocenters. The molecular formula is C26H23NO4S. The van der Waals surface area contributed by atoms with Gasteiger partial charge in [0.1, 0.15) is 5.75 Å². The van der Waals surface area contributed by atoms with Gasteiger partial charge in [-0.25, -0.2) is 8.42 Å². The SMILES string of the molecule is COc1ccc(C(=O)c2cnc3ccccc3c2S(=O)(=O)c2ccc(C(C)C)cc2)cc1. The minimum absolute atomic E-state index is 0.0267. The molecule has 0 aliphatic heterocycles. The third-order valence-electron chi connectivity index (χ3n) is 5.45. The summed E-state index contributed by atoms with van der Waals surface area (Å²) < 4.78 is 32.7. The number of rotatable bonds is 6. The fraction of sp³-hybridized carbons (Fsp3) is 0.154. The summed E-state index contributed by atoms with van der Waals surface area (Å²) in [6.07, 6.45) is 1.35. The van der Waals surface area contributed by atoms with Gasteiger partial charge in [0.15, 0.2) is 5.78 Å². The second-order valence-electron chi connectivity index (χ2n) is 7.80. The maximum absolute atomic E-state index is 13.8. The zero-order chi connectivity index (χ0) is 22.9. The van der Waals surface area contributed by atoms with Crippen molar-refractivity contribution in [1.82, 2.24) is 4.98 Å². The van der Waals surface area contributed by atoms with E-state index in [1.807, 2.05) is 26.0 Å². The molecule has 0 N–H and O–H groups in total. The predicted octanol–water partition coefficient (Wildman–Crippen LogP) is 5.43. The Kier molecular flexibility index (Phi) is 5.80. The first kappa shape index (κ1) is 21.7. The summed E-state index contributed by atoms with van der Waals surface area (Å²) in [6.45, 7) is 4.09. The fourth-order valence-electron chi connectivity index (χ4n) is 3.61. The van der Waals surface area contributed by atoms with Crippen molar-refractivity contribution >= 4 is 26.5 Å². The van der Waals surface area contributed by atoms with Crippen LogP contribution >= 0.6 is 0 Å². The Bertz CT molecular complexity index is 1390. The number of hydrogen-bond donors (Lipinski definition) is 0. The molecule has 4 rings (SSSR count). The maximum Gasteiger partial charge on any atom is 0.208 e. The highest BCUT2D eigenvalue weighted by molar-refractivity contribution is 7.91. The summed E-state index contributed by atoms with van der Waals surface area (Å²) in [5, 5.41) is 0.416. The molecule has 0 saturated heterocycles. The van der Waals surface area contributed by atoms with Crippen molar-refractivity contribution in [3.05, 3.63) is 95.7 Å². The Hall–Kier alpha value is -3.51. The molecule has 162 valence electrons.